The van der Waals surface area contributed by atoms with Crippen molar-refractivity contribution in [1.29, 1.82) is 0 Å². The van der Waals surface area contributed by atoms with Crippen LogP contribution in [-0.4, -0.2) is 30.9 Å². The van der Waals surface area contributed by atoms with Gasteiger partial charge in [-0.1, -0.05) is 23.2 Å². The van der Waals surface area contributed by atoms with E-state index in [1.54, 1.807) is 25.1 Å². The Bertz CT molecular complexity index is 942. The molecule has 0 spiro atoms. The number of rotatable bonds is 5. The molecule has 0 aromatic heterocycles. The van der Waals surface area contributed by atoms with Gasteiger partial charge in [-0.05, 0) is 49.2 Å². The molecule has 7 heteroatoms. The van der Waals surface area contributed by atoms with Crippen molar-refractivity contribution >= 4 is 34.7 Å². The zero-order chi connectivity index (χ0) is 19.0. The summed E-state index contributed by atoms with van der Waals surface area (Å²) in [5, 5.41) is 0.883. The standard InChI is InChI=1S/C20H17Cl2NO4/c1-11(27-18-3-2-13(21)7-15(18)22)17(24)9-16-14-8-20-19(25-10-26-20)6-12(14)4-5-23-16/h2-3,6-8,11H,4-5,9-10H2,1H3/t11-/m1/s1. The molecule has 2 heterocycles. The summed E-state index contributed by atoms with van der Waals surface area (Å²) in [6.45, 7) is 2.57. The van der Waals surface area contributed by atoms with E-state index in [1.165, 1.54) is 0 Å². The van der Waals surface area contributed by atoms with E-state index < -0.39 is 6.10 Å². The minimum absolute atomic E-state index is 0.0784. The Labute approximate surface area is 166 Å². The fourth-order valence-electron chi connectivity index (χ4n) is 3.14. The van der Waals surface area contributed by atoms with E-state index in [1.807, 2.05) is 12.1 Å². The Hall–Kier alpha value is -2.24. The van der Waals surface area contributed by atoms with Crippen molar-refractivity contribution in [3.05, 3.63) is 51.5 Å². The van der Waals surface area contributed by atoms with Crippen LogP contribution in [0.3, 0.4) is 0 Å². The maximum Gasteiger partial charge on any atom is 0.231 e. The molecule has 0 aliphatic carbocycles. The SMILES string of the molecule is C[C@@H](Oc1ccc(Cl)cc1Cl)C(=O)CC1=NCCc2cc3c(cc21)OCO3. The van der Waals surface area contributed by atoms with Gasteiger partial charge in [-0.3, -0.25) is 9.79 Å². The number of ether oxygens (including phenoxy) is 3. The van der Waals surface area contributed by atoms with Gasteiger partial charge in [0.25, 0.3) is 0 Å². The van der Waals surface area contributed by atoms with Crippen LogP contribution in [-0.2, 0) is 11.2 Å². The highest BCUT2D eigenvalue weighted by molar-refractivity contribution is 6.35. The first-order valence-electron chi connectivity index (χ1n) is 8.62. The van der Waals surface area contributed by atoms with Gasteiger partial charge >= 0.3 is 0 Å². The van der Waals surface area contributed by atoms with Crippen molar-refractivity contribution in [2.75, 3.05) is 13.3 Å². The minimum Gasteiger partial charge on any atom is -0.481 e. The van der Waals surface area contributed by atoms with Gasteiger partial charge in [0.05, 0.1) is 11.4 Å². The number of nitrogens with zero attached hydrogens (tertiary/aromatic N) is 1. The third-order valence-corrected chi connectivity index (χ3v) is 5.12. The van der Waals surface area contributed by atoms with Crippen LogP contribution in [0.2, 0.25) is 10.0 Å². The molecular weight excluding hydrogens is 389 g/mol. The third kappa shape index (κ3) is 3.75. The van der Waals surface area contributed by atoms with Crippen LogP contribution < -0.4 is 14.2 Å². The number of halogens is 2. The van der Waals surface area contributed by atoms with Crippen molar-refractivity contribution in [2.24, 2.45) is 4.99 Å². The predicted octanol–water partition coefficient (Wildman–Crippen LogP) is 4.49. The van der Waals surface area contributed by atoms with Crippen molar-refractivity contribution in [2.45, 2.75) is 25.9 Å². The molecule has 0 fully saturated rings. The topological polar surface area (TPSA) is 57.1 Å². The molecule has 0 saturated heterocycles. The molecular formula is C20H17Cl2NO4. The first-order chi connectivity index (χ1) is 13.0. The van der Waals surface area contributed by atoms with E-state index in [4.69, 9.17) is 37.4 Å². The van der Waals surface area contributed by atoms with Crippen molar-refractivity contribution in [3.8, 4) is 17.2 Å². The summed E-state index contributed by atoms with van der Waals surface area (Å²) in [5.74, 6) is 1.78. The lowest BCUT2D eigenvalue weighted by Crippen LogP contribution is -2.27. The summed E-state index contributed by atoms with van der Waals surface area (Å²) in [5.41, 5.74) is 2.80. The van der Waals surface area contributed by atoms with Crippen LogP contribution in [0.15, 0.2) is 35.3 Å². The molecule has 2 aliphatic rings. The second-order valence-electron chi connectivity index (χ2n) is 6.42. The van der Waals surface area contributed by atoms with Crippen LogP contribution in [0, 0.1) is 0 Å². The van der Waals surface area contributed by atoms with Crippen LogP contribution >= 0.6 is 23.2 Å². The molecule has 27 heavy (non-hydrogen) atoms. The van der Waals surface area contributed by atoms with Crippen molar-refractivity contribution in [3.63, 3.8) is 0 Å². The molecule has 4 rings (SSSR count). The fraction of sp³-hybridized carbons (Fsp3) is 0.300. The largest absolute Gasteiger partial charge is 0.481 e. The Balaban J connectivity index is 1.49. The van der Waals surface area contributed by atoms with Gasteiger partial charge in [0.2, 0.25) is 6.79 Å². The molecule has 0 radical (unpaired) electrons. The number of benzene rings is 2. The van der Waals surface area contributed by atoms with Crippen molar-refractivity contribution in [1.82, 2.24) is 0 Å². The smallest absolute Gasteiger partial charge is 0.231 e. The lowest BCUT2D eigenvalue weighted by atomic mass is 9.93. The monoisotopic (exact) mass is 405 g/mol. The van der Waals surface area contributed by atoms with E-state index in [-0.39, 0.29) is 19.0 Å². The first kappa shape index (κ1) is 18.1. The van der Waals surface area contributed by atoms with Gasteiger partial charge < -0.3 is 14.2 Å². The number of ketones is 1. The molecule has 0 amide bonds. The zero-order valence-corrected chi connectivity index (χ0v) is 16.1. The zero-order valence-electron chi connectivity index (χ0n) is 14.6. The highest BCUT2D eigenvalue weighted by atomic mass is 35.5. The fourth-order valence-corrected chi connectivity index (χ4v) is 3.60. The summed E-state index contributed by atoms with van der Waals surface area (Å²) < 4.78 is 16.6. The minimum atomic E-state index is -0.661. The second kappa shape index (κ2) is 7.41. The van der Waals surface area contributed by atoms with Gasteiger partial charge in [0.1, 0.15) is 5.75 Å². The number of Topliss-reactive ketones (excluding diaryl/α,β-unsaturated/α-hetero) is 1. The lowest BCUT2D eigenvalue weighted by molar-refractivity contribution is -0.123. The number of aliphatic imine (C=N–C) groups is 1. The molecule has 1 atom stereocenters. The quantitative estimate of drug-likeness (QED) is 0.734. The van der Waals surface area contributed by atoms with Crippen LogP contribution in [0.5, 0.6) is 17.2 Å². The molecule has 2 aliphatic heterocycles. The van der Waals surface area contributed by atoms with E-state index in [0.717, 1.165) is 29.0 Å². The molecule has 0 unspecified atom stereocenters. The first-order valence-corrected chi connectivity index (χ1v) is 9.37. The lowest BCUT2D eigenvalue weighted by Gasteiger charge is -2.19. The van der Waals surface area contributed by atoms with Crippen LogP contribution in [0.4, 0.5) is 0 Å². The average molecular weight is 406 g/mol. The van der Waals surface area contributed by atoms with Gasteiger partial charge in [0.15, 0.2) is 23.4 Å². The van der Waals surface area contributed by atoms with Crippen molar-refractivity contribution < 1.29 is 19.0 Å². The molecule has 0 saturated carbocycles. The van der Waals surface area contributed by atoms with E-state index in [0.29, 0.717) is 28.1 Å². The van der Waals surface area contributed by atoms with E-state index in [2.05, 4.69) is 4.99 Å². The van der Waals surface area contributed by atoms with Gasteiger partial charge in [-0.25, -0.2) is 0 Å². The maximum atomic E-state index is 12.7. The summed E-state index contributed by atoms with van der Waals surface area (Å²) in [6, 6.07) is 8.79. The molecule has 0 bridgehead atoms. The summed E-state index contributed by atoms with van der Waals surface area (Å²) in [4.78, 5) is 17.3. The number of carbonyl (C=O) groups is 1. The van der Waals surface area contributed by atoms with Gasteiger partial charge in [-0.15, -0.1) is 0 Å². The molecule has 2 aromatic rings. The Morgan fingerprint density at radius 2 is 2.00 bits per heavy atom. The molecule has 140 valence electrons. The molecule has 0 N–H and O–H groups in total. The number of hydrogen-bond acceptors (Lipinski definition) is 5. The summed E-state index contributed by atoms with van der Waals surface area (Å²) in [7, 11) is 0. The number of fused-ring (bicyclic) bond motifs is 2. The highest BCUT2D eigenvalue weighted by Gasteiger charge is 2.25. The van der Waals surface area contributed by atoms with Gasteiger partial charge in [-0.2, -0.15) is 0 Å². The molecule has 5 nitrogen and oxygen atoms in total. The average Bonchev–Trinajstić information content (AvgIpc) is 3.10. The third-order valence-electron chi connectivity index (χ3n) is 4.59. The van der Waals surface area contributed by atoms with Gasteiger partial charge in [0, 0.05) is 22.8 Å². The Morgan fingerprint density at radius 3 is 2.78 bits per heavy atom. The predicted molar refractivity (Wildman–Crippen MR) is 104 cm³/mol. The highest BCUT2D eigenvalue weighted by Crippen LogP contribution is 2.36. The van der Waals surface area contributed by atoms with E-state index in [9.17, 15) is 4.79 Å². The van der Waals surface area contributed by atoms with Crippen LogP contribution in [0.1, 0.15) is 24.5 Å². The Kier molecular flexibility index (Phi) is 4.98. The maximum absolute atomic E-state index is 12.7. The summed E-state index contributed by atoms with van der Waals surface area (Å²) >= 11 is 12.0. The second-order valence-corrected chi connectivity index (χ2v) is 7.26. The number of carbonyl (C=O) groups excluding carboxylic acids is 1. The van der Waals surface area contributed by atoms with E-state index >= 15 is 0 Å². The normalized spacial score (nSPS) is 15.7. The number of hydrogen-bond donors (Lipinski definition) is 0. The summed E-state index contributed by atoms with van der Waals surface area (Å²) in [6.07, 6.45) is 0.334. The Morgan fingerprint density at radius 1 is 1.22 bits per heavy atom. The van der Waals surface area contributed by atoms with Crippen LogP contribution in [0.25, 0.3) is 0 Å². The molecule has 2 aromatic carbocycles.